The molecule has 1 fully saturated rings. The molecule has 1 atom stereocenters. The third-order valence-corrected chi connectivity index (χ3v) is 4.24. The van der Waals surface area contributed by atoms with Gasteiger partial charge in [0.25, 0.3) is 0 Å². The summed E-state index contributed by atoms with van der Waals surface area (Å²) in [6.45, 7) is 9.11. The Balaban J connectivity index is 1.86. The van der Waals surface area contributed by atoms with Gasteiger partial charge in [-0.15, -0.1) is 0 Å². The van der Waals surface area contributed by atoms with Crippen LogP contribution in [0, 0.1) is 5.92 Å². The molecule has 20 heavy (non-hydrogen) atoms. The highest BCUT2D eigenvalue weighted by atomic mass is 16.5. The topological polar surface area (TPSA) is 24.5 Å². The molecular weight excluding hydrogens is 248 g/mol. The summed E-state index contributed by atoms with van der Waals surface area (Å²) < 4.78 is 5.40. The minimum absolute atomic E-state index is 0.646. The number of methoxy groups -OCH3 is 1. The number of nitrogens with zero attached hydrogens (tertiary/aromatic N) is 1. The van der Waals surface area contributed by atoms with Gasteiger partial charge in [0.2, 0.25) is 0 Å². The molecular formula is C17H28N2O. The fourth-order valence-corrected chi connectivity index (χ4v) is 3.06. The molecule has 0 bridgehead atoms. The van der Waals surface area contributed by atoms with Gasteiger partial charge in [-0.1, -0.05) is 32.0 Å². The number of rotatable bonds is 7. The first-order chi connectivity index (χ1) is 9.72. The van der Waals surface area contributed by atoms with Gasteiger partial charge in [0.15, 0.2) is 0 Å². The molecule has 1 aliphatic rings. The van der Waals surface area contributed by atoms with Crippen molar-refractivity contribution >= 4 is 0 Å². The molecule has 3 heteroatoms. The second-order valence-corrected chi connectivity index (χ2v) is 6.00. The summed E-state index contributed by atoms with van der Waals surface area (Å²) in [6.07, 6.45) is 2.71. The Labute approximate surface area is 123 Å². The van der Waals surface area contributed by atoms with Crippen LogP contribution in [0.25, 0.3) is 0 Å². The zero-order valence-electron chi connectivity index (χ0n) is 13.1. The third-order valence-electron chi connectivity index (χ3n) is 4.24. The van der Waals surface area contributed by atoms with E-state index in [0.717, 1.165) is 18.8 Å². The van der Waals surface area contributed by atoms with Crippen LogP contribution < -0.4 is 10.1 Å². The first kappa shape index (κ1) is 15.3. The fourth-order valence-electron chi connectivity index (χ4n) is 3.06. The van der Waals surface area contributed by atoms with E-state index >= 15 is 0 Å². The highest BCUT2D eigenvalue weighted by Crippen LogP contribution is 2.19. The summed E-state index contributed by atoms with van der Waals surface area (Å²) in [5.41, 5.74) is 1.24. The van der Waals surface area contributed by atoms with E-state index in [9.17, 15) is 0 Å². The number of hydrogen-bond acceptors (Lipinski definition) is 3. The Kier molecular flexibility index (Phi) is 5.86. The van der Waals surface area contributed by atoms with Crippen molar-refractivity contribution in [2.45, 2.75) is 39.3 Å². The largest absolute Gasteiger partial charge is 0.496 e. The van der Waals surface area contributed by atoms with Gasteiger partial charge in [0.1, 0.15) is 5.75 Å². The predicted octanol–water partition coefficient (Wildman–Crippen LogP) is 2.91. The van der Waals surface area contributed by atoms with Crippen LogP contribution >= 0.6 is 0 Å². The van der Waals surface area contributed by atoms with Crippen LogP contribution in [0.4, 0.5) is 0 Å². The standard InChI is InChI=1S/C17H28N2O/c1-14(2)16(19-10-6-7-11-19)13-18-12-15-8-4-5-9-17(15)20-3/h4-5,8-9,14,16,18H,6-7,10-13H2,1-3H3. The van der Waals surface area contributed by atoms with Crippen molar-refractivity contribution in [3.63, 3.8) is 0 Å². The Bertz CT molecular complexity index is 400. The van der Waals surface area contributed by atoms with Gasteiger partial charge in [0.05, 0.1) is 7.11 Å². The van der Waals surface area contributed by atoms with E-state index in [1.807, 2.05) is 12.1 Å². The Morgan fingerprint density at radius 1 is 1.20 bits per heavy atom. The molecule has 0 aromatic heterocycles. The summed E-state index contributed by atoms with van der Waals surface area (Å²) in [4.78, 5) is 2.64. The second-order valence-electron chi connectivity index (χ2n) is 6.00. The molecule has 1 aromatic rings. The van der Waals surface area contributed by atoms with Crippen LogP contribution in [0.1, 0.15) is 32.3 Å². The van der Waals surface area contributed by atoms with Gasteiger partial charge >= 0.3 is 0 Å². The summed E-state index contributed by atoms with van der Waals surface area (Å²) in [5.74, 6) is 1.67. The number of likely N-dealkylation sites (tertiary alicyclic amines) is 1. The third kappa shape index (κ3) is 3.97. The maximum absolute atomic E-state index is 5.40. The molecule has 1 aromatic carbocycles. The molecule has 1 saturated heterocycles. The average molecular weight is 276 g/mol. The molecule has 0 spiro atoms. The van der Waals surface area contributed by atoms with Gasteiger partial charge in [-0.25, -0.2) is 0 Å². The molecule has 3 nitrogen and oxygen atoms in total. The number of para-hydroxylation sites is 1. The van der Waals surface area contributed by atoms with E-state index in [-0.39, 0.29) is 0 Å². The Hall–Kier alpha value is -1.06. The first-order valence-corrected chi connectivity index (χ1v) is 7.79. The Morgan fingerprint density at radius 3 is 2.55 bits per heavy atom. The molecule has 112 valence electrons. The zero-order chi connectivity index (χ0) is 14.4. The van der Waals surface area contributed by atoms with E-state index in [0.29, 0.717) is 12.0 Å². The summed E-state index contributed by atoms with van der Waals surface area (Å²) in [7, 11) is 1.74. The molecule has 2 rings (SSSR count). The Morgan fingerprint density at radius 2 is 1.90 bits per heavy atom. The molecule has 1 heterocycles. The van der Waals surface area contributed by atoms with E-state index in [2.05, 4.69) is 36.2 Å². The van der Waals surface area contributed by atoms with Crippen molar-refractivity contribution in [1.82, 2.24) is 10.2 Å². The van der Waals surface area contributed by atoms with Crippen LogP contribution in [0.5, 0.6) is 5.75 Å². The number of benzene rings is 1. The van der Waals surface area contributed by atoms with Gasteiger partial charge in [0, 0.05) is 24.7 Å². The smallest absolute Gasteiger partial charge is 0.123 e. The number of ether oxygens (including phenoxy) is 1. The second kappa shape index (κ2) is 7.65. The lowest BCUT2D eigenvalue weighted by atomic mass is 10.0. The van der Waals surface area contributed by atoms with Crippen molar-refractivity contribution < 1.29 is 4.74 Å². The van der Waals surface area contributed by atoms with Gasteiger partial charge in [-0.05, 0) is 37.9 Å². The van der Waals surface area contributed by atoms with Crippen molar-refractivity contribution in [3.8, 4) is 5.75 Å². The molecule has 1 N–H and O–H groups in total. The highest BCUT2D eigenvalue weighted by molar-refractivity contribution is 5.32. The van der Waals surface area contributed by atoms with Gasteiger partial charge in [-0.3, -0.25) is 4.90 Å². The SMILES string of the molecule is COc1ccccc1CNCC(C(C)C)N1CCCC1. The van der Waals surface area contributed by atoms with Crippen LogP contribution in [0.3, 0.4) is 0 Å². The number of nitrogens with one attached hydrogen (secondary N) is 1. The summed E-state index contributed by atoms with van der Waals surface area (Å²) in [6, 6.07) is 8.89. The van der Waals surface area contributed by atoms with Gasteiger partial charge in [-0.2, -0.15) is 0 Å². The van der Waals surface area contributed by atoms with Crippen molar-refractivity contribution in [1.29, 1.82) is 0 Å². The zero-order valence-corrected chi connectivity index (χ0v) is 13.1. The molecule has 1 aliphatic heterocycles. The number of hydrogen-bond donors (Lipinski definition) is 1. The molecule has 0 radical (unpaired) electrons. The van der Waals surface area contributed by atoms with E-state index in [4.69, 9.17) is 4.74 Å². The summed E-state index contributed by atoms with van der Waals surface area (Å²) >= 11 is 0. The van der Waals surface area contributed by atoms with E-state index in [1.165, 1.54) is 31.5 Å². The van der Waals surface area contributed by atoms with E-state index < -0.39 is 0 Å². The minimum Gasteiger partial charge on any atom is -0.496 e. The fraction of sp³-hybridized carbons (Fsp3) is 0.647. The van der Waals surface area contributed by atoms with Crippen LogP contribution in [-0.2, 0) is 6.54 Å². The lowest BCUT2D eigenvalue weighted by molar-refractivity contribution is 0.186. The van der Waals surface area contributed by atoms with Crippen molar-refractivity contribution in [2.24, 2.45) is 5.92 Å². The molecule has 0 aliphatic carbocycles. The predicted molar refractivity (Wildman–Crippen MR) is 84.1 cm³/mol. The van der Waals surface area contributed by atoms with Crippen molar-refractivity contribution in [3.05, 3.63) is 29.8 Å². The maximum Gasteiger partial charge on any atom is 0.123 e. The quantitative estimate of drug-likeness (QED) is 0.829. The average Bonchev–Trinajstić information content (AvgIpc) is 2.97. The van der Waals surface area contributed by atoms with Crippen molar-refractivity contribution in [2.75, 3.05) is 26.7 Å². The lowest BCUT2D eigenvalue weighted by Gasteiger charge is -2.31. The molecule has 0 saturated carbocycles. The van der Waals surface area contributed by atoms with Crippen LogP contribution in [0.2, 0.25) is 0 Å². The molecule has 1 unspecified atom stereocenters. The first-order valence-electron chi connectivity index (χ1n) is 7.79. The lowest BCUT2D eigenvalue weighted by Crippen LogP contribution is -2.44. The van der Waals surface area contributed by atoms with Gasteiger partial charge < -0.3 is 10.1 Å². The van der Waals surface area contributed by atoms with Crippen LogP contribution in [0.15, 0.2) is 24.3 Å². The monoisotopic (exact) mass is 276 g/mol. The molecule has 0 amide bonds. The summed E-state index contributed by atoms with van der Waals surface area (Å²) in [5, 5.41) is 3.61. The minimum atomic E-state index is 0.646. The highest BCUT2D eigenvalue weighted by Gasteiger charge is 2.24. The maximum atomic E-state index is 5.40. The van der Waals surface area contributed by atoms with Crippen LogP contribution in [-0.4, -0.2) is 37.7 Å². The normalized spacial score (nSPS) is 17.6. The van der Waals surface area contributed by atoms with E-state index in [1.54, 1.807) is 7.11 Å².